The number of hydrogen-bond donors (Lipinski definition) is 2. The van der Waals surface area contributed by atoms with Crippen molar-refractivity contribution in [3.8, 4) is 0 Å². The van der Waals surface area contributed by atoms with Gasteiger partial charge in [-0.05, 0) is 116 Å². The van der Waals surface area contributed by atoms with Crippen LogP contribution in [0.4, 0.5) is 0 Å². The molecule has 2 N–H and O–H groups in total. The van der Waals surface area contributed by atoms with E-state index in [1.165, 1.54) is 57.8 Å². The Morgan fingerprint density at radius 2 is 0.722 bits per heavy atom. The van der Waals surface area contributed by atoms with Gasteiger partial charge in [-0.2, -0.15) is 0 Å². The molecule has 0 aromatic rings. The molecule has 0 saturated carbocycles. The fourth-order valence-corrected chi connectivity index (χ4v) is 8.21. The van der Waals surface area contributed by atoms with Gasteiger partial charge >= 0.3 is 25.7 Å². The second-order valence-electron chi connectivity index (χ2n) is 18.7. The zero-order valence-corrected chi connectivity index (χ0v) is 46.5. The van der Waals surface area contributed by atoms with Gasteiger partial charge < -0.3 is 24.2 Å². The van der Waals surface area contributed by atoms with E-state index in [9.17, 15) is 28.9 Å². The lowest BCUT2D eigenvalue weighted by Crippen LogP contribution is -2.30. The van der Waals surface area contributed by atoms with Gasteiger partial charge in [0.05, 0.1) is 19.8 Å². The van der Waals surface area contributed by atoms with Crippen LogP contribution < -0.4 is 0 Å². The Labute approximate surface area is 439 Å². The average molecular weight is 1030 g/mol. The van der Waals surface area contributed by atoms with E-state index in [-0.39, 0.29) is 25.9 Å². The molecule has 72 heavy (non-hydrogen) atoms. The fourth-order valence-electron chi connectivity index (χ4n) is 7.43. The Balaban J connectivity index is 4.79. The molecule has 0 rings (SSSR count). The molecule has 0 fully saturated rings. The van der Waals surface area contributed by atoms with E-state index in [4.69, 9.17) is 23.3 Å². The quantitative estimate of drug-likeness (QED) is 0.0197. The first-order chi connectivity index (χ1) is 35.2. The standard InChI is InChI=1S/C60H103O11P/c1-4-7-10-13-16-19-22-25-27-28-30-32-34-37-40-43-46-49-58(62)67-53-57(71-60(64)51-48-45-42-39-36-33-29-26-23-20-17-14-11-8-5-2)55-69-72(65,66)68-54-56(52-61)70-59(63)50-47-44-41-38-35-31-24-21-18-15-12-9-6-3/h9,12,16-21,25-27,29,31,35,56-57,61H,4-8,10-11,13-15,22-24,28,30,32-34,36-55H2,1-3H3,(H,65,66)/b12-9-,19-16-,20-17-,21-18-,27-25-,29-26-,35-31-. The number of unbranched alkanes of at least 4 members (excludes halogenated alkanes) is 21. The number of hydrogen-bond acceptors (Lipinski definition) is 10. The first-order valence-corrected chi connectivity index (χ1v) is 30.0. The average Bonchev–Trinajstić information content (AvgIpc) is 3.37. The van der Waals surface area contributed by atoms with Gasteiger partial charge in [0.1, 0.15) is 12.7 Å². The maximum absolute atomic E-state index is 12.9. The van der Waals surface area contributed by atoms with Gasteiger partial charge in [-0.15, -0.1) is 0 Å². The highest BCUT2D eigenvalue weighted by molar-refractivity contribution is 7.47. The van der Waals surface area contributed by atoms with E-state index in [0.717, 1.165) is 122 Å². The molecule has 0 saturated heterocycles. The van der Waals surface area contributed by atoms with Crippen molar-refractivity contribution in [2.24, 2.45) is 0 Å². The molecule has 414 valence electrons. The summed E-state index contributed by atoms with van der Waals surface area (Å²) in [5.41, 5.74) is 0. The Morgan fingerprint density at radius 3 is 1.12 bits per heavy atom. The van der Waals surface area contributed by atoms with Crippen molar-refractivity contribution >= 4 is 25.7 Å². The number of carbonyl (C=O) groups is 3. The van der Waals surface area contributed by atoms with E-state index < -0.39 is 57.8 Å². The van der Waals surface area contributed by atoms with Crippen LogP contribution >= 0.6 is 7.82 Å². The number of rotatable bonds is 52. The van der Waals surface area contributed by atoms with Crippen molar-refractivity contribution < 1.29 is 52.2 Å². The van der Waals surface area contributed by atoms with E-state index in [0.29, 0.717) is 19.3 Å². The molecule has 3 atom stereocenters. The van der Waals surface area contributed by atoms with Gasteiger partial charge in [0.25, 0.3) is 0 Å². The van der Waals surface area contributed by atoms with Crippen LogP contribution in [0.1, 0.15) is 239 Å². The second kappa shape index (κ2) is 53.9. The van der Waals surface area contributed by atoms with Gasteiger partial charge in [0.15, 0.2) is 6.10 Å². The highest BCUT2D eigenvalue weighted by atomic mass is 31.2. The third-order valence-corrected chi connectivity index (χ3v) is 12.7. The highest BCUT2D eigenvalue weighted by Gasteiger charge is 2.28. The minimum atomic E-state index is -4.76. The number of aliphatic hydroxyl groups excluding tert-OH is 1. The Morgan fingerprint density at radius 1 is 0.403 bits per heavy atom. The topological polar surface area (TPSA) is 155 Å². The van der Waals surface area contributed by atoms with E-state index in [2.05, 4.69) is 106 Å². The van der Waals surface area contributed by atoms with E-state index in [1.807, 2.05) is 0 Å². The van der Waals surface area contributed by atoms with Crippen LogP contribution in [0.2, 0.25) is 0 Å². The molecule has 0 amide bonds. The molecule has 0 aliphatic carbocycles. The summed E-state index contributed by atoms with van der Waals surface area (Å²) in [6.45, 7) is 4.42. The zero-order chi connectivity index (χ0) is 52.7. The lowest BCUT2D eigenvalue weighted by molar-refractivity contribution is -0.161. The maximum Gasteiger partial charge on any atom is 0.472 e. The van der Waals surface area contributed by atoms with Gasteiger partial charge in [-0.25, -0.2) is 4.57 Å². The van der Waals surface area contributed by atoms with Crippen molar-refractivity contribution in [2.45, 2.75) is 251 Å². The van der Waals surface area contributed by atoms with Gasteiger partial charge in [0.2, 0.25) is 0 Å². The molecular weight excluding hydrogens is 928 g/mol. The molecule has 12 heteroatoms. The Bertz CT molecular complexity index is 1530. The number of phosphoric acid groups is 1. The van der Waals surface area contributed by atoms with Gasteiger partial charge in [-0.3, -0.25) is 23.4 Å². The molecule has 0 spiro atoms. The summed E-state index contributed by atoms with van der Waals surface area (Å²) in [5, 5.41) is 9.79. The number of allylic oxidation sites excluding steroid dienone is 14. The van der Waals surface area contributed by atoms with Crippen LogP contribution in [0, 0.1) is 0 Å². The zero-order valence-electron chi connectivity index (χ0n) is 45.6. The molecule has 11 nitrogen and oxygen atoms in total. The smallest absolute Gasteiger partial charge is 0.462 e. The third kappa shape index (κ3) is 51.6. The molecule has 0 radical (unpaired) electrons. The number of aliphatic hydroxyl groups is 1. The SMILES string of the molecule is CC/C=C\C/C=C\C/C=C\CCCCCC(=O)OC(CO)COP(=O)(O)OCC(COC(=O)CCCCCCCCC/C=C\C/C=C\CCCCC)OC(=O)CCCCCCC/C=C\C/C=C\CCCCC. The first-order valence-electron chi connectivity index (χ1n) is 28.5. The number of carbonyl (C=O) groups excluding carboxylic acids is 3. The summed E-state index contributed by atoms with van der Waals surface area (Å²) in [7, 11) is -4.76. The molecule has 0 aliphatic heterocycles. The van der Waals surface area contributed by atoms with E-state index >= 15 is 0 Å². The van der Waals surface area contributed by atoms with Crippen molar-refractivity contribution in [1.82, 2.24) is 0 Å². The lowest BCUT2D eigenvalue weighted by Gasteiger charge is -2.21. The molecule has 0 bridgehead atoms. The van der Waals surface area contributed by atoms with E-state index in [1.54, 1.807) is 0 Å². The molecular formula is C60H103O11P. The summed E-state index contributed by atoms with van der Waals surface area (Å²) in [5.74, 6) is -1.52. The minimum Gasteiger partial charge on any atom is -0.462 e. The molecule has 0 aromatic heterocycles. The first kappa shape index (κ1) is 68.7. The summed E-state index contributed by atoms with van der Waals surface area (Å²) in [4.78, 5) is 48.5. The van der Waals surface area contributed by atoms with Crippen molar-refractivity contribution in [1.29, 1.82) is 0 Å². The number of phosphoric ester groups is 1. The van der Waals surface area contributed by atoms with Crippen molar-refractivity contribution in [2.75, 3.05) is 26.4 Å². The van der Waals surface area contributed by atoms with Crippen molar-refractivity contribution in [3.05, 3.63) is 85.1 Å². The molecule has 0 heterocycles. The van der Waals surface area contributed by atoms with Crippen LogP contribution in [0.25, 0.3) is 0 Å². The second-order valence-corrected chi connectivity index (χ2v) is 20.2. The predicted octanol–water partition coefficient (Wildman–Crippen LogP) is 16.7. The fraction of sp³-hybridized carbons (Fsp3) is 0.717. The minimum absolute atomic E-state index is 0.138. The maximum atomic E-state index is 12.9. The van der Waals surface area contributed by atoms with Crippen LogP contribution in [0.5, 0.6) is 0 Å². The monoisotopic (exact) mass is 1030 g/mol. The van der Waals surface area contributed by atoms with Crippen LogP contribution in [-0.2, 0) is 42.2 Å². The molecule has 0 aliphatic rings. The summed E-state index contributed by atoms with van der Waals surface area (Å²) < 4.78 is 39.4. The van der Waals surface area contributed by atoms with Crippen LogP contribution in [0.3, 0.4) is 0 Å². The summed E-state index contributed by atoms with van der Waals surface area (Å²) >= 11 is 0. The third-order valence-electron chi connectivity index (χ3n) is 11.8. The Hall–Kier alpha value is -3.34. The Kier molecular flexibility index (Phi) is 51.4. The summed E-state index contributed by atoms with van der Waals surface area (Å²) in [6, 6.07) is 0. The predicted molar refractivity (Wildman–Crippen MR) is 298 cm³/mol. The largest absolute Gasteiger partial charge is 0.472 e. The highest BCUT2D eigenvalue weighted by Crippen LogP contribution is 2.43. The summed E-state index contributed by atoms with van der Waals surface area (Å²) in [6.07, 6.45) is 61.1. The number of ether oxygens (including phenoxy) is 3. The van der Waals surface area contributed by atoms with Crippen LogP contribution in [0.15, 0.2) is 85.1 Å². The molecule has 3 unspecified atom stereocenters. The normalized spacial score (nSPS) is 14.0. The van der Waals surface area contributed by atoms with Crippen molar-refractivity contribution in [3.63, 3.8) is 0 Å². The molecule has 0 aromatic carbocycles. The van der Waals surface area contributed by atoms with Gasteiger partial charge in [-0.1, -0.05) is 189 Å². The lowest BCUT2D eigenvalue weighted by atomic mass is 10.1. The number of esters is 3. The van der Waals surface area contributed by atoms with Gasteiger partial charge in [0, 0.05) is 19.3 Å². The van der Waals surface area contributed by atoms with Crippen LogP contribution in [-0.4, -0.2) is 66.5 Å².